The zero-order valence-electron chi connectivity index (χ0n) is 9.49. The highest BCUT2D eigenvalue weighted by Gasteiger charge is 2.20. The number of rotatable bonds is 5. The molecule has 0 aliphatic rings. The van der Waals surface area contributed by atoms with Crippen molar-refractivity contribution in [3.05, 3.63) is 29.8 Å². The first kappa shape index (κ1) is 12.0. The molecule has 0 heterocycles. The number of methoxy groups -OCH3 is 1. The number of ether oxygens (including phenoxy) is 2. The summed E-state index contributed by atoms with van der Waals surface area (Å²) < 4.78 is 10.4. The van der Waals surface area contributed by atoms with Crippen molar-refractivity contribution >= 4 is 0 Å². The molecule has 0 amide bonds. The molecule has 1 N–H and O–H groups in total. The lowest BCUT2D eigenvalue weighted by molar-refractivity contribution is 0.0727. The second-order valence-electron chi connectivity index (χ2n) is 3.90. The third-order valence-corrected chi connectivity index (χ3v) is 2.09. The van der Waals surface area contributed by atoms with Crippen molar-refractivity contribution < 1.29 is 14.6 Å². The predicted molar refractivity (Wildman–Crippen MR) is 59.1 cm³/mol. The fourth-order valence-corrected chi connectivity index (χ4v) is 1.33. The second-order valence-corrected chi connectivity index (χ2v) is 3.90. The van der Waals surface area contributed by atoms with E-state index in [2.05, 4.69) is 0 Å². The van der Waals surface area contributed by atoms with Gasteiger partial charge in [0, 0.05) is 12.7 Å². The molecule has 1 aromatic rings. The zero-order chi connectivity index (χ0) is 11.3. The topological polar surface area (TPSA) is 38.7 Å². The van der Waals surface area contributed by atoms with E-state index in [4.69, 9.17) is 9.47 Å². The molecule has 3 heteroatoms. The van der Waals surface area contributed by atoms with Crippen LogP contribution in [0.25, 0.3) is 0 Å². The Kier molecular flexibility index (Phi) is 4.12. The highest BCUT2D eigenvalue weighted by molar-refractivity contribution is 5.37. The van der Waals surface area contributed by atoms with Gasteiger partial charge in [-0.15, -0.1) is 0 Å². The molecule has 84 valence electrons. The first-order valence-corrected chi connectivity index (χ1v) is 4.99. The summed E-state index contributed by atoms with van der Waals surface area (Å²) in [5, 5.41) is 9.92. The maximum Gasteiger partial charge on any atom is 0.125 e. The Hall–Kier alpha value is -1.06. The van der Waals surface area contributed by atoms with Gasteiger partial charge in [-0.2, -0.15) is 0 Å². The van der Waals surface area contributed by atoms with Gasteiger partial charge in [-0.25, -0.2) is 0 Å². The summed E-state index contributed by atoms with van der Waals surface area (Å²) in [5.74, 6) is 0.710. The van der Waals surface area contributed by atoms with Gasteiger partial charge in [0.2, 0.25) is 0 Å². The molecule has 0 spiro atoms. The third-order valence-electron chi connectivity index (χ3n) is 2.09. The maximum absolute atomic E-state index is 9.92. The average Bonchev–Trinajstić information content (AvgIpc) is 2.17. The smallest absolute Gasteiger partial charge is 0.125 e. The molecular weight excluding hydrogens is 192 g/mol. The van der Waals surface area contributed by atoms with Crippen LogP contribution in [0.2, 0.25) is 0 Å². The number of para-hydroxylation sites is 1. The summed E-state index contributed by atoms with van der Waals surface area (Å²) in [4.78, 5) is 0. The molecule has 0 saturated carbocycles. The molecule has 0 aliphatic carbocycles. The van der Waals surface area contributed by atoms with Gasteiger partial charge in [0.1, 0.15) is 12.4 Å². The van der Waals surface area contributed by atoms with E-state index in [9.17, 15) is 5.11 Å². The Labute approximate surface area is 90.6 Å². The van der Waals surface area contributed by atoms with E-state index >= 15 is 0 Å². The lowest BCUT2D eigenvalue weighted by Gasteiger charge is -2.21. The van der Waals surface area contributed by atoms with Crippen LogP contribution >= 0.6 is 0 Å². The Morgan fingerprint density at radius 2 is 1.87 bits per heavy atom. The summed E-state index contributed by atoms with van der Waals surface area (Å²) in [6.07, 6.45) is 0. The van der Waals surface area contributed by atoms with Crippen molar-refractivity contribution in [1.82, 2.24) is 0 Å². The van der Waals surface area contributed by atoms with E-state index in [0.717, 1.165) is 5.56 Å². The van der Waals surface area contributed by atoms with Gasteiger partial charge in [0.05, 0.1) is 12.2 Å². The molecule has 0 radical (unpaired) electrons. The molecule has 0 aliphatic heterocycles. The maximum atomic E-state index is 9.92. The minimum absolute atomic E-state index is 0.490. The zero-order valence-corrected chi connectivity index (χ0v) is 9.49. The van der Waals surface area contributed by atoms with Crippen LogP contribution in [0.5, 0.6) is 5.75 Å². The van der Waals surface area contributed by atoms with Crippen LogP contribution in [0.4, 0.5) is 0 Å². The van der Waals surface area contributed by atoms with Crippen LogP contribution in [-0.4, -0.2) is 25.4 Å². The van der Waals surface area contributed by atoms with Crippen LogP contribution in [0, 0.1) is 0 Å². The highest BCUT2D eigenvalue weighted by Crippen LogP contribution is 2.28. The highest BCUT2D eigenvalue weighted by atomic mass is 16.5. The molecule has 15 heavy (non-hydrogen) atoms. The SMILES string of the molecule is COCCOc1ccccc1C(C)(C)O. The van der Waals surface area contributed by atoms with Gasteiger partial charge in [0.15, 0.2) is 0 Å². The second kappa shape index (κ2) is 5.14. The normalized spacial score (nSPS) is 11.5. The molecule has 0 atom stereocenters. The Morgan fingerprint density at radius 1 is 1.20 bits per heavy atom. The van der Waals surface area contributed by atoms with E-state index in [-0.39, 0.29) is 0 Å². The third kappa shape index (κ3) is 3.53. The Bertz CT molecular complexity index is 302. The van der Waals surface area contributed by atoms with Crippen LogP contribution < -0.4 is 4.74 Å². The molecule has 3 nitrogen and oxygen atoms in total. The van der Waals surface area contributed by atoms with Crippen molar-refractivity contribution in [3.63, 3.8) is 0 Å². The quantitative estimate of drug-likeness (QED) is 0.755. The van der Waals surface area contributed by atoms with Crippen LogP contribution in [-0.2, 0) is 10.3 Å². The lowest BCUT2D eigenvalue weighted by Crippen LogP contribution is -2.17. The first-order chi connectivity index (χ1) is 7.05. The van der Waals surface area contributed by atoms with E-state index in [1.54, 1.807) is 21.0 Å². The van der Waals surface area contributed by atoms with Crippen molar-refractivity contribution in [2.75, 3.05) is 20.3 Å². The molecule has 0 aromatic heterocycles. The molecule has 0 saturated heterocycles. The van der Waals surface area contributed by atoms with E-state index in [1.165, 1.54) is 0 Å². The Balaban J connectivity index is 2.78. The van der Waals surface area contributed by atoms with Gasteiger partial charge in [-0.05, 0) is 19.9 Å². The number of benzene rings is 1. The largest absolute Gasteiger partial charge is 0.491 e. The van der Waals surface area contributed by atoms with Crippen LogP contribution in [0.1, 0.15) is 19.4 Å². The number of aliphatic hydroxyl groups is 1. The van der Waals surface area contributed by atoms with Crippen molar-refractivity contribution in [2.45, 2.75) is 19.4 Å². The van der Waals surface area contributed by atoms with Crippen molar-refractivity contribution in [3.8, 4) is 5.75 Å². The van der Waals surface area contributed by atoms with Gasteiger partial charge in [-0.3, -0.25) is 0 Å². The lowest BCUT2D eigenvalue weighted by atomic mass is 9.97. The predicted octanol–water partition coefficient (Wildman–Crippen LogP) is 1.94. The summed E-state index contributed by atoms with van der Waals surface area (Å²) in [6.45, 7) is 4.51. The molecule has 1 aromatic carbocycles. The average molecular weight is 210 g/mol. The summed E-state index contributed by atoms with van der Waals surface area (Å²) in [6, 6.07) is 7.49. The fourth-order valence-electron chi connectivity index (χ4n) is 1.33. The fraction of sp³-hybridized carbons (Fsp3) is 0.500. The van der Waals surface area contributed by atoms with Gasteiger partial charge in [0.25, 0.3) is 0 Å². The van der Waals surface area contributed by atoms with Gasteiger partial charge >= 0.3 is 0 Å². The summed E-state index contributed by atoms with van der Waals surface area (Å²) in [7, 11) is 1.63. The van der Waals surface area contributed by atoms with Crippen LogP contribution in [0.3, 0.4) is 0 Å². The molecule has 1 rings (SSSR count). The standard InChI is InChI=1S/C12H18O3/c1-12(2,13)10-6-4-5-7-11(10)15-9-8-14-3/h4-7,13H,8-9H2,1-3H3. The molecular formula is C12H18O3. The summed E-state index contributed by atoms with van der Waals surface area (Å²) in [5.41, 5.74) is -0.0926. The number of hydrogen-bond acceptors (Lipinski definition) is 3. The van der Waals surface area contributed by atoms with Gasteiger partial charge in [-0.1, -0.05) is 18.2 Å². The van der Waals surface area contributed by atoms with E-state index in [0.29, 0.717) is 19.0 Å². The monoisotopic (exact) mass is 210 g/mol. The molecule has 0 fully saturated rings. The Morgan fingerprint density at radius 3 is 2.47 bits per heavy atom. The molecule has 0 unspecified atom stereocenters. The van der Waals surface area contributed by atoms with Crippen LogP contribution in [0.15, 0.2) is 24.3 Å². The van der Waals surface area contributed by atoms with Gasteiger partial charge < -0.3 is 14.6 Å². The first-order valence-electron chi connectivity index (χ1n) is 4.99. The minimum atomic E-state index is -0.885. The minimum Gasteiger partial charge on any atom is -0.491 e. The molecule has 0 bridgehead atoms. The van der Waals surface area contributed by atoms with Crippen molar-refractivity contribution in [2.24, 2.45) is 0 Å². The van der Waals surface area contributed by atoms with E-state index in [1.807, 2.05) is 24.3 Å². The van der Waals surface area contributed by atoms with E-state index < -0.39 is 5.60 Å². The number of hydrogen-bond donors (Lipinski definition) is 1. The summed E-state index contributed by atoms with van der Waals surface area (Å²) >= 11 is 0. The van der Waals surface area contributed by atoms with Crippen molar-refractivity contribution in [1.29, 1.82) is 0 Å².